The van der Waals surface area contributed by atoms with Gasteiger partial charge in [0.15, 0.2) is 11.5 Å². The highest BCUT2D eigenvalue weighted by molar-refractivity contribution is 5.90. The molecule has 1 aromatic rings. The first-order chi connectivity index (χ1) is 9.22. The molecular weight excluding hydrogens is 242 g/mol. The van der Waals surface area contributed by atoms with E-state index in [9.17, 15) is 4.79 Å². The molecule has 1 aliphatic rings. The van der Waals surface area contributed by atoms with Crippen molar-refractivity contribution in [3.05, 3.63) is 17.8 Å². The van der Waals surface area contributed by atoms with Crippen molar-refractivity contribution < 1.29 is 4.79 Å². The first-order valence-corrected chi connectivity index (χ1v) is 6.83. The number of nitrogens with zero attached hydrogens (tertiary/aromatic N) is 3. The Labute approximate surface area is 113 Å². The van der Waals surface area contributed by atoms with Crippen LogP contribution in [0.15, 0.2) is 12.1 Å². The number of primary amides is 1. The van der Waals surface area contributed by atoms with Crippen LogP contribution in [0.1, 0.15) is 36.7 Å². The third-order valence-electron chi connectivity index (χ3n) is 3.37. The molecule has 3 N–H and O–H groups in total. The minimum atomic E-state index is -0.541. The van der Waals surface area contributed by atoms with E-state index in [-0.39, 0.29) is 5.69 Å². The molecule has 104 valence electrons. The van der Waals surface area contributed by atoms with Crippen molar-refractivity contribution >= 4 is 11.7 Å². The average molecular weight is 263 g/mol. The molecule has 19 heavy (non-hydrogen) atoms. The molecule has 1 saturated heterocycles. The number of carbonyl (C=O) groups is 1. The van der Waals surface area contributed by atoms with Gasteiger partial charge in [0.2, 0.25) is 0 Å². The van der Waals surface area contributed by atoms with Gasteiger partial charge < -0.3 is 16.0 Å². The molecule has 0 bridgehead atoms. The molecule has 2 heterocycles. The molecule has 0 aromatic carbocycles. The fraction of sp³-hybridized carbons (Fsp3) is 0.615. The highest BCUT2D eigenvalue weighted by Crippen LogP contribution is 2.18. The molecule has 0 radical (unpaired) electrons. The molecule has 6 heteroatoms. The van der Waals surface area contributed by atoms with E-state index in [0.29, 0.717) is 6.04 Å². The van der Waals surface area contributed by atoms with E-state index < -0.39 is 5.91 Å². The fourth-order valence-corrected chi connectivity index (χ4v) is 2.43. The van der Waals surface area contributed by atoms with E-state index in [1.807, 2.05) is 6.07 Å². The van der Waals surface area contributed by atoms with Crippen molar-refractivity contribution in [2.24, 2.45) is 5.73 Å². The molecule has 0 spiro atoms. The minimum absolute atomic E-state index is 0.210. The van der Waals surface area contributed by atoms with Crippen molar-refractivity contribution in [2.45, 2.75) is 32.2 Å². The number of nitrogens with one attached hydrogen (secondary N) is 1. The highest BCUT2D eigenvalue weighted by atomic mass is 16.1. The van der Waals surface area contributed by atoms with Gasteiger partial charge >= 0.3 is 0 Å². The topological polar surface area (TPSA) is 84.1 Å². The standard InChI is InChI=1S/C13H21N5O/c1-2-8-18(10-4-3-7-15-9-10)12-6-5-11(13(14)19)16-17-12/h5-6,10,15H,2-4,7-9H2,1H3,(H2,14,19). The van der Waals surface area contributed by atoms with Gasteiger partial charge in [-0.05, 0) is 37.9 Å². The maximum absolute atomic E-state index is 11.0. The summed E-state index contributed by atoms with van der Waals surface area (Å²) in [5.74, 6) is 0.279. The van der Waals surface area contributed by atoms with Gasteiger partial charge in [0.1, 0.15) is 0 Å². The minimum Gasteiger partial charge on any atom is -0.364 e. The molecule has 0 saturated carbocycles. The van der Waals surface area contributed by atoms with E-state index in [1.165, 1.54) is 6.42 Å². The van der Waals surface area contributed by atoms with Crippen molar-refractivity contribution in [1.82, 2.24) is 15.5 Å². The quantitative estimate of drug-likeness (QED) is 0.810. The summed E-state index contributed by atoms with van der Waals surface area (Å²) in [7, 11) is 0. The zero-order chi connectivity index (χ0) is 13.7. The average Bonchev–Trinajstić information content (AvgIpc) is 2.46. The Morgan fingerprint density at radius 2 is 2.37 bits per heavy atom. The number of piperidine rings is 1. The van der Waals surface area contributed by atoms with Crippen LogP contribution in [0.3, 0.4) is 0 Å². The Bertz CT molecular complexity index is 414. The second-order valence-corrected chi connectivity index (χ2v) is 4.83. The lowest BCUT2D eigenvalue weighted by Gasteiger charge is -2.35. The number of amides is 1. The number of carbonyl (C=O) groups excluding carboxylic acids is 1. The third kappa shape index (κ3) is 3.41. The monoisotopic (exact) mass is 263 g/mol. The van der Waals surface area contributed by atoms with Crippen molar-refractivity contribution in [2.75, 3.05) is 24.5 Å². The van der Waals surface area contributed by atoms with Crippen LogP contribution in [0.2, 0.25) is 0 Å². The van der Waals surface area contributed by atoms with Gasteiger partial charge in [0.25, 0.3) is 5.91 Å². The molecule has 1 aliphatic heterocycles. The lowest BCUT2D eigenvalue weighted by molar-refractivity contribution is 0.0994. The van der Waals surface area contributed by atoms with Crippen LogP contribution in [0.4, 0.5) is 5.82 Å². The summed E-state index contributed by atoms with van der Waals surface area (Å²) in [6.07, 6.45) is 3.39. The van der Waals surface area contributed by atoms with Gasteiger partial charge in [0.05, 0.1) is 0 Å². The lowest BCUT2D eigenvalue weighted by atomic mass is 10.1. The maximum atomic E-state index is 11.0. The molecule has 1 fully saturated rings. The van der Waals surface area contributed by atoms with Gasteiger partial charge in [-0.1, -0.05) is 6.92 Å². The number of aromatic nitrogens is 2. The SMILES string of the molecule is CCCN(c1ccc(C(N)=O)nn1)C1CCCNC1. The van der Waals surface area contributed by atoms with Gasteiger partial charge in [-0.3, -0.25) is 4.79 Å². The molecule has 1 atom stereocenters. The van der Waals surface area contributed by atoms with Crippen LogP contribution in [0.5, 0.6) is 0 Å². The number of rotatable bonds is 5. The van der Waals surface area contributed by atoms with Crippen LogP contribution >= 0.6 is 0 Å². The predicted octanol–water partition coefficient (Wildman–Crippen LogP) is 0.544. The van der Waals surface area contributed by atoms with Gasteiger partial charge in [0, 0.05) is 19.1 Å². The summed E-state index contributed by atoms with van der Waals surface area (Å²) < 4.78 is 0. The fourth-order valence-electron chi connectivity index (χ4n) is 2.43. The lowest BCUT2D eigenvalue weighted by Crippen LogP contribution is -2.47. The third-order valence-corrected chi connectivity index (χ3v) is 3.37. The van der Waals surface area contributed by atoms with E-state index in [2.05, 4.69) is 27.3 Å². The number of hydrogen-bond acceptors (Lipinski definition) is 5. The summed E-state index contributed by atoms with van der Waals surface area (Å²) in [5.41, 5.74) is 5.39. The van der Waals surface area contributed by atoms with Gasteiger partial charge in [-0.25, -0.2) is 0 Å². The summed E-state index contributed by atoms with van der Waals surface area (Å²) in [5, 5.41) is 11.4. The van der Waals surface area contributed by atoms with Crippen LogP contribution in [0.25, 0.3) is 0 Å². The molecule has 6 nitrogen and oxygen atoms in total. The molecule has 2 rings (SSSR count). The Kier molecular flexibility index (Phi) is 4.68. The predicted molar refractivity (Wildman–Crippen MR) is 74.1 cm³/mol. The summed E-state index contributed by atoms with van der Waals surface area (Å²) in [6, 6.07) is 3.92. The van der Waals surface area contributed by atoms with Gasteiger partial charge in [-0.15, -0.1) is 10.2 Å². The summed E-state index contributed by atoms with van der Waals surface area (Å²) in [4.78, 5) is 13.3. The first-order valence-electron chi connectivity index (χ1n) is 6.83. The number of nitrogens with two attached hydrogens (primary N) is 1. The van der Waals surface area contributed by atoms with Crippen LogP contribution in [-0.2, 0) is 0 Å². The van der Waals surface area contributed by atoms with E-state index >= 15 is 0 Å². The summed E-state index contributed by atoms with van der Waals surface area (Å²) in [6.45, 7) is 5.15. The van der Waals surface area contributed by atoms with Crippen LogP contribution in [0, 0.1) is 0 Å². The molecule has 1 unspecified atom stereocenters. The highest BCUT2D eigenvalue weighted by Gasteiger charge is 2.22. The Morgan fingerprint density at radius 3 is 2.89 bits per heavy atom. The van der Waals surface area contributed by atoms with E-state index in [4.69, 9.17) is 5.73 Å². The Balaban J connectivity index is 2.15. The van der Waals surface area contributed by atoms with E-state index in [0.717, 1.165) is 38.3 Å². The second-order valence-electron chi connectivity index (χ2n) is 4.83. The van der Waals surface area contributed by atoms with Crippen LogP contribution < -0.4 is 16.0 Å². The Hall–Kier alpha value is -1.69. The Morgan fingerprint density at radius 1 is 1.53 bits per heavy atom. The maximum Gasteiger partial charge on any atom is 0.269 e. The second kappa shape index (κ2) is 6.47. The zero-order valence-corrected chi connectivity index (χ0v) is 11.3. The molecule has 1 aromatic heterocycles. The summed E-state index contributed by atoms with van der Waals surface area (Å²) >= 11 is 0. The normalized spacial score (nSPS) is 19.1. The number of anilines is 1. The largest absolute Gasteiger partial charge is 0.364 e. The van der Waals surface area contributed by atoms with Crippen molar-refractivity contribution in [3.63, 3.8) is 0 Å². The molecule has 1 amide bonds. The smallest absolute Gasteiger partial charge is 0.269 e. The zero-order valence-electron chi connectivity index (χ0n) is 11.3. The van der Waals surface area contributed by atoms with Crippen molar-refractivity contribution in [1.29, 1.82) is 0 Å². The molecular formula is C13H21N5O. The number of hydrogen-bond donors (Lipinski definition) is 2. The first kappa shape index (κ1) is 13.7. The van der Waals surface area contributed by atoms with Crippen LogP contribution in [-0.4, -0.2) is 41.8 Å². The molecule has 0 aliphatic carbocycles. The van der Waals surface area contributed by atoms with Crippen molar-refractivity contribution in [3.8, 4) is 0 Å². The van der Waals surface area contributed by atoms with E-state index in [1.54, 1.807) is 6.07 Å². The van der Waals surface area contributed by atoms with Gasteiger partial charge in [-0.2, -0.15) is 0 Å².